The lowest BCUT2D eigenvalue weighted by atomic mass is 9.90. The Kier molecular flexibility index (Phi) is 4.88. The Labute approximate surface area is 154 Å². The molecule has 1 atom stereocenters. The van der Waals surface area contributed by atoms with Crippen LogP contribution in [-0.2, 0) is 0 Å². The van der Waals surface area contributed by atoms with E-state index in [0.29, 0.717) is 0 Å². The fourth-order valence-corrected chi connectivity index (χ4v) is 3.20. The van der Waals surface area contributed by atoms with Crippen molar-refractivity contribution in [3.8, 4) is 0 Å². The number of benzene rings is 3. The van der Waals surface area contributed by atoms with Gasteiger partial charge >= 0.3 is 0 Å². The summed E-state index contributed by atoms with van der Waals surface area (Å²) in [5.41, 5.74) is 3.27. The number of amidine groups is 2. The number of hydrogen-bond donors (Lipinski definition) is 1. The number of para-hydroxylation sites is 2. The van der Waals surface area contributed by atoms with Gasteiger partial charge in [0.25, 0.3) is 0 Å². The Morgan fingerprint density at radius 1 is 0.769 bits per heavy atom. The van der Waals surface area contributed by atoms with Crippen LogP contribution in [0.2, 0.25) is 0 Å². The summed E-state index contributed by atoms with van der Waals surface area (Å²) in [4.78, 5) is 9.74. The SMILES string of the molecule is c1ccc(N=C2N=C(Nc3ccccc3)CCC2c2ccccc2)cc1. The Morgan fingerprint density at radius 3 is 2.08 bits per heavy atom. The minimum atomic E-state index is 0.220. The molecule has 1 N–H and O–H groups in total. The lowest BCUT2D eigenvalue weighted by Crippen LogP contribution is -2.24. The number of rotatable bonds is 3. The molecule has 3 aromatic rings. The molecular weight excluding hydrogens is 318 g/mol. The Bertz CT molecular complexity index is 900. The second-order valence-corrected chi connectivity index (χ2v) is 6.36. The van der Waals surface area contributed by atoms with Crippen LogP contribution in [0, 0.1) is 0 Å². The van der Waals surface area contributed by atoms with Crippen LogP contribution in [0.25, 0.3) is 0 Å². The third-order valence-electron chi connectivity index (χ3n) is 4.50. The minimum Gasteiger partial charge on any atom is -0.344 e. The largest absolute Gasteiger partial charge is 0.344 e. The standard InChI is InChI=1S/C23H21N3/c1-4-10-18(11-5-1)21-16-17-22(24-19-12-6-2-7-13-19)26-23(21)25-20-14-8-3-9-15-20/h1-15,21H,16-17H2,(H,24,25,26). The minimum absolute atomic E-state index is 0.220. The van der Waals surface area contributed by atoms with Gasteiger partial charge in [0.2, 0.25) is 0 Å². The van der Waals surface area contributed by atoms with Gasteiger partial charge in [0.15, 0.2) is 0 Å². The maximum Gasteiger partial charge on any atom is 0.138 e. The average Bonchev–Trinajstić information content (AvgIpc) is 2.70. The molecule has 0 aromatic heterocycles. The first-order valence-corrected chi connectivity index (χ1v) is 8.97. The molecule has 3 heteroatoms. The van der Waals surface area contributed by atoms with Crippen molar-refractivity contribution in [2.45, 2.75) is 18.8 Å². The quantitative estimate of drug-likeness (QED) is 0.643. The third kappa shape index (κ3) is 3.89. The van der Waals surface area contributed by atoms with Crippen LogP contribution in [0.1, 0.15) is 24.3 Å². The van der Waals surface area contributed by atoms with Crippen LogP contribution >= 0.6 is 0 Å². The lowest BCUT2D eigenvalue weighted by Gasteiger charge is -2.24. The fraction of sp³-hybridized carbons (Fsp3) is 0.130. The zero-order valence-electron chi connectivity index (χ0n) is 14.5. The first kappa shape index (κ1) is 16.3. The molecule has 0 saturated carbocycles. The van der Waals surface area contributed by atoms with E-state index in [0.717, 1.165) is 35.9 Å². The molecule has 1 aliphatic rings. The van der Waals surface area contributed by atoms with Gasteiger partial charge in [-0.15, -0.1) is 0 Å². The highest BCUT2D eigenvalue weighted by molar-refractivity contribution is 6.08. The van der Waals surface area contributed by atoms with Crippen molar-refractivity contribution in [1.82, 2.24) is 0 Å². The average molecular weight is 339 g/mol. The molecule has 26 heavy (non-hydrogen) atoms. The van der Waals surface area contributed by atoms with E-state index < -0.39 is 0 Å². The zero-order valence-corrected chi connectivity index (χ0v) is 14.5. The second kappa shape index (κ2) is 7.79. The number of aliphatic imine (C=N–C) groups is 2. The van der Waals surface area contributed by atoms with Crippen LogP contribution in [0.5, 0.6) is 0 Å². The van der Waals surface area contributed by atoms with Gasteiger partial charge in [-0.2, -0.15) is 0 Å². The molecule has 0 radical (unpaired) electrons. The molecule has 1 heterocycles. The van der Waals surface area contributed by atoms with E-state index >= 15 is 0 Å². The first-order chi connectivity index (χ1) is 12.9. The van der Waals surface area contributed by atoms with Crippen LogP contribution in [0.3, 0.4) is 0 Å². The molecule has 128 valence electrons. The number of nitrogens with one attached hydrogen (secondary N) is 1. The maximum absolute atomic E-state index is 4.89. The van der Waals surface area contributed by atoms with Crippen LogP contribution in [0.15, 0.2) is 101 Å². The predicted molar refractivity (Wildman–Crippen MR) is 109 cm³/mol. The fourth-order valence-electron chi connectivity index (χ4n) is 3.20. The van der Waals surface area contributed by atoms with Crippen LogP contribution in [-0.4, -0.2) is 11.7 Å². The van der Waals surface area contributed by atoms with Crippen molar-refractivity contribution in [3.63, 3.8) is 0 Å². The van der Waals surface area contributed by atoms with Gasteiger partial charge in [0.1, 0.15) is 11.7 Å². The lowest BCUT2D eigenvalue weighted by molar-refractivity contribution is 0.775. The van der Waals surface area contributed by atoms with Crippen molar-refractivity contribution in [2.24, 2.45) is 9.98 Å². The molecule has 0 bridgehead atoms. The number of hydrogen-bond acceptors (Lipinski definition) is 2. The van der Waals surface area contributed by atoms with E-state index in [-0.39, 0.29) is 5.92 Å². The molecular formula is C23H21N3. The van der Waals surface area contributed by atoms with Gasteiger partial charge in [-0.05, 0) is 36.2 Å². The molecule has 0 spiro atoms. The second-order valence-electron chi connectivity index (χ2n) is 6.36. The van der Waals surface area contributed by atoms with Gasteiger partial charge in [-0.3, -0.25) is 0 Å². The highest BCUT2D eigenvalue weighted by Crippen LogP contribution is 2.30. The molecule has 0 amide bonds. The summed E-state index contributed by atoms with van der Waals surface area (Å²) in [7, 11) is 0. The molecule has 1 unspecified atom stereocenters. The predicted octanol–water partition coefficient (Wildman–Crippen LogP) is 5.80. The van der Waals surface area contributed by atoms with E-state index in [2.05, 4.69) is 41.7 Å². The van der Waals surface area contributed by atoms with E-state index in [1.54, 1.807) is 0 Å². The summed E-state index contributed by atoms with van der Waals surface area (Å²) in [5.74, 6) is 2.06. The van der Waals surface area contributed by atoms with E-state index in [1.807, 2.05) is 54.6 Å². The summed E-state index contributed by atoms with van der Waals surface area (Å²) < 4.78 is 0. The van der Waals surface area contributed by atoms with Gasteiger partial charge in [-0.25, -0.2) is 9.98 Å². The van der Waals surface area contributed by atoms with Gasteiger partial charge in [0.05, 0.1) is 5.69 Å². The number of anilines is 1. The molecule has 0 fully saturated rings. The van der Waals surface area contributed by atoms with E-state index in [9.17, 15) is 0 Å². The third-order valence-corrected chi connectivity index (χ3v) is 4.50. The summed E-state index contributed by atoms with van der Waals surface area (Å²) in [6.07, 6.45) is 1.90. The van der Waals surface area contributed by atoms with Gasteiger partial charge in [0, 0.05) is 18.0 Å². The first-order valence-electron chi connectivity index (χ1n) is 8.97. The molecule has 3 nitrogen and oxygen atoms in total. The van der Waals surface area contributed by atoms with Crippen LogP contribution < -0.4 is 5.32 Å². The monoisotopic (exact) mass is 339 g/mol. The summed E-state index contributed by atoms with van der Waals surface area (Å²) in [5, 5.41) is 3.44. The Morgan fingerprint density at radius 2 is 1.38 bits per heavy atom. The molecule has 0 saturated heterocycles. The smallest absolute Gasteiger partial charge is 0.138 e. The van der Waals surface area contributed by atoms with Crippen LogP contribution in [0.4, 0.5) is 11.4 Å². The van der Waals surface area contributed by atoms with Crippen molar-refractivity contribution in [2.75, 3.05) is 5.32 Å². The Hall–Kier alpha value is -3.20. The number of nitrogens with zero attached hydrogens (tertiary/aromatic N) is 2. The van der Waals surface area contributed by atoms with Crippen molar-refractivity contribution in [1.29, 1.82) is 0 Å². The van der Waals surface area contributed by atoms with Crippen molar-refractivity contribution in [3.05, 3.63) is 96.6 Å². The zero-order chi connectivity index (χ0) is 17.6. The molecule has 1 aliphatic heterocycles. The highest BCUT2D eigenvalue weighted by Gasteiger charge is 2.24. The van der Waals surface area contributed by atoms with E-state index in [1.165, 1.54) is 5.56 Å². The van der Waals surface area contributed by atoms with Gasteiger partial charge < -0.3 is 5.32 Å². The molecule has 4 rings (SSSR count). The van der Waals surface area contributed by atoms with Crippen molar-refractivity contribution < 1.29 is 0 Å². The summed E-state index contributed by atoms with van der Waals surface area (Å²) in [6.45, 7) is 0. The highest BCUT2D eigenvalue weighted by atomic mass is 15.1. The van der Waals surface area contributed by atoms with Gasteiger partial charge in [-0.1, -0.05) is 66.7 Å². The topological polar surface area (TPSA) is 36.8 Å². The molecule has 0 aliphatic carbocycles. The maximum atomic E-state index is 4.89. The van der Waals surface area contributed by atoms with E-state index in [4.69, 9.17) is 9.98 Å². The summed E-state index contributed by atoms with van der Waals surface area (Å²) in [6, 6.07) is 30.8. The summed E-state index contributed by atoms with van der Waals surface area (Å²) >= 11 is 0. The van der Waals surface area contributed by atoms with Crippen molar-refractivity contribution >= 4 is 23.0 Å². The molecule has 3 aromatic carbocycles. The normalized spacial score (nSPS) is 18.4. The Balaban J connectivity index is 1.68.